The van der Waals surface area contributed by atoms with Crippen LogP contribution in [0.25, 0.3) is 0 Å². The molecule has 0 aliphatic heterocycles. The van der Waals surface area contributed by atoms with Gasteiger partial charge in [-0.2, -0.15) is 0 Å². The molecule has 4 N–H and O–H groups in total. The first kappa shape index (κ1) is 16.9. The van der Waals surface area contributed by atoms with Gasteiger partial charge in [-0.15, -0.1) is 15.7 Å². The Morgan fingerprint density at radius 3 is 2.53 bits per heavy atom. The van der Waals surface area contributed by atoms with E-state index >= 15 is 0 Å². The van der Waals surface area contributed by atoms with E-state index in [4.69, 9.17) is 34.1 Å². The van der Waals surface area contributed by atoms with E-state index in [2.05, 4.69) is 4.36 Å². The van der Waals surface area contributed by atoms with Crippen LogP contribution in [0.3, 0.4) is 0 Å². The first-order valence-electron chi connectivity index (χ1n) is 5.42. The molecule has 1 aromatic rings. The van der Waals surface area contributed by atoms with Crippen molar-refractivity contribution >= 4 is 50.4 Å². The van der Waals surface area contributed by atoms with Crippen LogP contribution in [0, 0.1) is 5.92 Å². The van der Waals surface area contributed by atoms with Crippen LogP contribution < -0.4 is 10.9 Å². The Bertz CT molecular complexity index is 592. The fourth-order valence-corrected chi connectivity index (χ4v) is 4.40. The van der Waals surface area contributed by atoms with Gasteiger partial charge in [-0.05, 0) is 12.3 Å². The number of amides is 1. The van der Waals surface area contributed by atoms with E-state index in [9.17, 15) is 9.00 Å². The minimum absolute atomic E-state index is 0.0631. The summed E-state index contributed by atoms with van der Waals surface area (Å²) in [5.74, 6) is -0.471. The molecule has 0 fully saturated rings. The van der Waals surface area contributed by atoms with Crippen molar-refractivity contribution in [2.45, 2.75) is 31.2 Å². The lowest BCUT2D eigenvalue weighted by Gasteiger charge is -2.10. The molecule has 0 saturated carbocycles. The van der Waals surface area contributed by atoms with Crippen molar-refractivity contribution in [2.24, 2.45) is 21.2 Å². The predicted molar refractivity (Wildman–Crippen MR) is 79.8 cm³/mol. The SMILES string of the molecule is CC(C)C[C@H](N)C(=O)N=S(N)(=O)c1csc(Cl)c1Cl. The molecule has 1 amide bonds. The highest BCUT2D eigenvalue weighted by molar-refractivity contribution is 7.92. The maximum atomic E-state index is 12.2. The van der Waals surface area contributed by atoms with Gasteiger partial charge in [0.1, 0.15) is 14.3 Å². The average molecular weight is 344 g/mol. The Labute approximate surface area is 126 Å². The molecule has 1 heterocycles. The van der Waals surface area contributed by atoms with Crippen LogP contribution in [-0.4, -0.2) is 16.2 Å². The normalized spacial score (nSPS) is 16.2. The molecule has 0 radical (unpaired) electrons. The molecular weight excluding hydrogens is 329 g/mol. The highest BCUT2D eigenvalue weighted by atomic mass is 35.5. The van der Waals surface area contributed by atoms with Gasteiger partial charge in [-0.25, -0.2) is 9.35 Å². The fraction of sp³-hybridized carbons (Fsp3) is 0.500. The second kappa shape index (κ2) is 6.51. The summed E-state index contributed by atoms with van der Waals surface area (Å²) in [4.78, 5) is 11.8. The van der Waals surface area contributed by atoms with Crippen molar-refractivity contribution in [2.75, 3.05) is 0 Å². The van der Waals surface area contributed by atoms with Crippen molar-refractivity contribution in [3.63, 3.8) is 0 Å². The van der Waals surface area contributed by atoms with E-state index in [0.717, 1.165) is 11.3 Å². The number of halogens is 2. The van der Waals surface area contributed by atoms with Crippen LogP contribution in [0.4, 0.5) is 0 Å². The molecule has 108 valence electrons. The van der Waals surface area contributed by atoms with Crippen LogP contribution in [0.2, 0.25) is 9.36 Å². The van der Waals surface area contributed by atoms with E-state index in [1.807, 2.05) is 13.8 Å². The molecule has 0 aliphatic rings. The van der Waals surface area contributed by atoms with E-state index in [1.165, 1.54) is 5.38 Å². The lowest BCUT2D eigenvalue weighted by Crippen LogP contribution is -2.32. The fourth-order valence-electron chi connectivity index (χ4n) is 1.36. The van der Waals surface area contributed by atoms with Gasteiger partial charge in [-0.3, -0.25) is 4.79 Å². The zero-order valence-electron chi connectivity index (χ0n) is 10.4. The predicted octanol–water partition coefficient (Wildman–Crippen LogP) is 2.66. The first-order valence-corrected chi connectivity index (χ1v) is 8.63. The number of carbonyl (C=O) groups excluding carboxylic acids is 1. The van der Waals surface area contributed by atoms with Crippen LogP contribution in [0.1, 0.15) is 20.3 Å². The number of carbonyl (C=O) groups is 1. The second-order valence-electron chi connectivity index (χ2n) is 4.42. The largest absolute Gasteiger partial charge is 0.320 e. The van der Waals surface area contributed by atoms with Gasteiger partial charge in [0.05, 0.1) is 16.0 Å². The number of rotatable bonds is 4. The summed E-state index contributed by atoms with van der Waals surface area (Å²) in [6.07, 6.45) is 0.440. The van der Waals surface area contributed by atoms with E-state index < -0.39 is 21.9 Å². The number of nitrogens with two attached hydrogens (primary N) is 2. The molecule has 19 heavy (non-hydrogen) atoms. The number of thiophene rings is 1. The topological polar surface area (TPSA) is 98.5 Å². The standard InChI is InChI=1S/C10H15Cl2N3O2S2/c1-5(2)3-6(13)10(16)15-19(14,17)7-4-18-9(12)8(7)11/h4-6H,3,13H2,1-2H3,(H2,14,15,16,17)/t6-,19?/m0/s1. The molecule has 5 nitrogen and oxygen atoms in total. The molecule has 0 aliphatic carbocycles. The summed E-state index contributed by atoms with van der Waals surface area (Å²) < 4.78 is 16.0. The third-order valence-electron chi connectivity index (χ3n) is 2.24. The van der Waals surface area contributed by atoms with Gasteiger partial charge < -0.3 is 5.73 Å². The molecule has 1 unspecified atom stereocenters. The Hall–Kier alpha value is -0.180. The van der Waals surface area contributed by atoms with Crippen molar-refractivity contribution < 1.29 is 9.00 Å². The van der Waals surface area contributed by atoms with Gasteiger partial charge in [0, 0.05) is 5.38 Å². The summed E-state index contributed by atoms with van der Waals surface area (Å²) in [6.45, 7) is 3.84. The Morgan fingerprint density at radius 2 is 2.11 bits per heavy atom. The molecule has 0 aromatic carbocycles. The van der Waals surface area contributed by atoms with Crippen LogP contribution in [0.15, 0.2) is 14.6 Å². The van der Waals surface area contributed by atoms with E-state index in [1.54, 1.807) is 0 Å². The van der Waals surface area contributed by atoms with Crippen molar-refractivity contribution in [1.29, 1.82) is 0 Å². The third kappa shape index (κ3) is 4.40. The summed E-state index contributed by atoms with van der Waals surface area (Å²) in [5.41, 5.74) is 5.67. The minimum atomic E-state index is -3.41. The Kier molecular flexibility index (Phi) is 5.78. The minimum Gasteiger partial charge on any atom is -0.320 e. The van der Waals surface area contributed by atoms with Gasteiger partial charge in [0.25, 0.3) is 5.91 Å². The van der Waals surface area contributed by atoms with Crippen molar-refractivity contribution in [3.8, 4) is 0 Å². The summed E-state index contributed by atoms with van der Waals surface area (Å²) in [5, 5.41) is 7.06. The van der Waals surface area contributed by atoms with Crippen LogP contribution in [-0.2, 0) is 14.7 Å². The lowest BCUT2D eigenvalue weighted by atomic mass is 10.0. The Balaban J connectivity index is 3.06. The second-order valence-corrected chi connectivity index (χ2v) is 8.04. The van der Waals surface area contributed by atoms with E-state index in [0.29, 0.717) is 6.42 Å². The molecule has 9 heteroatoms. The summed E-state index contributed by atoms with van der Waals surface area (Å²) in [7, 11) is -3.41. The molecule has 1 aromatic heterocycles. The third-order valence-corrected chi connectivity index (χ3v) is 5.73. The first-order chi connectivity index (χ1) is 8.65. The van der Waals surface area contributed by atoms with Gasteiger partial charge >= 0.3 is 0 Å². The molecular formula is C10H15Cl2N3O2S2. The maximum absolute atomic E-state index is 12.2. The van der Waals surface area contributed by atoms with Gasteiger partial charge in [0.2, 0.25) is 0 Å². The van der Waals surface area contributed by atoms with Crippen LogP contribution in [0.5, 0.6) is 0 Å². The number of nitrogens with zero attached hydrogens (tertiary/aromatic N) is 1. The van der Waals surface area contributed by atoms with Gasteiger partial charge in [-0.1, -0.05) is 37.0 Å². The molecule has 2 atom stereocenters. The highest BCUT2D eigenvalue weighted by Crippen LogP contribution is 2.35. The smallest absolute Gasteiger partial charge is 0.271 e. The molecule has 1 rings (SSSR count). The summed E-state index contributed by atoms with van der Waals surface area (Å²) >= 11 is 12.7. The zero-order chi connectivity index (χ0) is 14.8. The Morgan fingerprint density at radius 1 is 1.53 bits per heavy atom. The molecule has 0 spiro atoms. The number of hydrogen-bond acceptors (Lipinski definition) is 4. The molecule has 0 saturated heterocycles. The van der Waals surface area contributed by atoms with Crippen molar-refractivity contribution in [1.82, 2.24) is 0 Å². The quantitative estimate of drug-likeness (QED) is 0.878. The van der Waals surface area contributed by atoms with Crippen molar-refractivity contribution in [3.05, 3.63) is 14.7 Å². The lowest BCUT2D eigenvalue weighted by molar-refractivity contribution is -0.119. The average Bonchev–Trinajstić information content (AvgIpc) is 2.58. The monoisotopic (exact) mass is 343 g/mol. The highest BCUT2D eigenvalue weighted by Gasteiger charge is 2.21. The maximum Gasteiger partial charge on any atom is 0.271 e. The van der Waals surface area contributed by atoms with Crippen LogP contribution >= 0.6 is 34.5 Å². The summed E-state index contributed by atoms with van der Waals surface area (Å²) in [6, 6.07) is -0.822. The molecule has 0 bridgehead atoms. The van der Waals surface area contributed by atoms with E-state index in [-0.39, 0.29) is 20.2 Å². The van der Waals surface area contributed by atoms with Gasteiger partial charge in [0.15, 0.2) is 0 Å². The zero-order valence-corrected chi connectivity index (χ0v) is 13.6. The number of hydrogen-bond donors (Lipinski definition) is 2.